The summed E-state index contributed by atoms with van der Waals surface area (Å²) >= 11 is 0. The maximum absolute atomic E-state index is 12.5. The fraction of sp³-hybridized carbons (Fsp3) is 0.750. The van der Waals surface area contributed by atoms with Gasteiger partial charge in [0.25, 0.3) is 0 Å². The molecule has 2 heterocycles. The molecule has 1 spiro atoms. The molecular weight excluding hydrogens is 260 g/mol. The maximum atomic E-state index is 12.5. The van der Waals surface area contributed by atoms with E-state index in [1.54, 1.807) is 18.9 Å². The summed E-state index contributed by atoms with van der Waals surface area (Å²) in [7, 11) is 1.68. The van der Waals surface area contributed by atoms with Crippen LogP contribution in [0.5, 0.6) is 0 Å². The van der Waals surface area contributed by atoms with Crippen molar-refractivity contribution in [2.45, 2.75) is 50.7 Å². The molecule has 8 heteroatoms. The summed E-state index contributed by atoms with van der Waals surface area (Å²) < 4.78 is 0. The zero-order chi connectivity index (χ0) is 14.3. The van der Waals surface area contributed by atoms with Gasteiger partial charge in [-0.3, -0.25) is 9.59 Å². The Hall–Kier alpha value is -1.99. The first kappa shape index (κ1) is 13.0. The number of hydrogen-bond acceptors (Lipinski definition) is 5. The van der Waals surface area contributed by atoms with Crippen LogP contribution in [0.15, 0.2) is 0 Å². The van der Waals surface area contributed by atoms with E-state index in [-0.39, 0.29) is 18.4 Å². The number of carbonyl (C=O) groups is 2. The first-order valence-electron chi connectivity index (χ1n) is 6.88. The van der Waals surface area contributed by atoms with Crippen LogP contribution in [0.25, 0.3) is 0 Å². The Morgan fingerprint density at radius 3 is 2.65 bits per heavy atom. The van der Waals surface area contributed by atoms with Gasteiger partial charge in [-0.2, -0.15) is 4.80 Å². The minimum atomic E-state index is -0.719. The van der Waals surface area contributed by atoms with Gasteiger partial charge in [-0.15, -0.1) is 10.2 Å². The second-order valence-electron chi connectivity index (χ2n) is 5.55. The Kier molecular flexibility index (Phi) is 2.95. The second kappa shape index (κ2) is 4.53. The number of aromatic nitrogens is 4. The zero-order valence-electron chi connectivity index (χ0n) is 11.7. The number of hydrogen-bond donors (Lipinski definition) is 1. The Morgan fingerprint density at radius 2 is 2.05 bits per heavy atom. The van der Waals surface area contributed by atoms with Gasteiger partial charge in [-0.05, 0) is 25.0 Å². The lowest BCUT2D eigenvalue weighted by atomic mass is 9.89. The van der Waals surface area contributed by atoms with Crippen LogP contribution in [0.3, 0.4) is 0 Å². The molecule has 2 amide bonds. The fourth-order valence-corrected chi connectivity index (χ4v) is 3.17. The number of tetrazole rings is 1. The van der Waals surface area contributed by atoms with Crippen molar-refractivity contribution in [1.82, 2.24) is 30.4 Å². The van der Waals surface area contributed by atoms with Crippen LogP contribution in [-0.4, -0.2) is 48.5 Å². The van der Waals surface area contributed by atoms with E-state index in [1.165, 1.54) is 4.80 Å². The molecule has 1 N–H and O–H groups in total. The Labute approximate surface area is 116 Å². The molecule has 8 nitrogen and oxygen atoms in total. The molecule has 2 aliphatic rings. The predicted octanol–water partition coefficient (Wildman–Crippen LogP) is -0.630. The molecule has 1 aromatic heterocycles. The monoisotopic (exact) mass is 278 g/mol. The maximum Gasteiger partial charge on any atom is 0.246 e. The summed E-state index contributed by atoms with van der Waals surface area (Å²) in [6, 6.07) is -0.495. The molecule has 1 unspecified atom stereocenters. The summed E-state index contributed by atoms with van der Waals surface area (Å²) in [4.78, 5) is 27.9. The number of nitrogens with one attached hydrogen (secondary N) is 1. The number of amides is 2. The van der Waals surface area contributed by atoms with Gasteiger partial charge in [0.15, 0.2) is 5.82 Å². The van der Waals surface area contributed by atoms with Crippen molar-refractivity contribution >= 4 is 11.8 Å². The van der Waals surface area contributed by atoms with Crippen molar-refractivity contribution in [2.75, 3.05) is 0 Å². The van der Waals surface area contributed by atoms with E-state index in [2.05, 4.69) is 20.7 Å². The highest BCUT2D eigenvalue weighted by Gasteiger charge is 2.53. The van der Waals surface area contributed by atoms with Gasteiger partial charge in [0.1, 0.15) is 11.6 Å². The van der Waals surface area contributed by atoms with Crippen molar-refractivity contribution in [3.05, 3.63) is 5.82 Å². The lowest BCUT2D eigenvalue weighted by Crippen LogP contribution is -2.68. The molecule has 0 radical (unpaired) electrons. The van der Waals surface area contributed by atoms with Crippen LogP contribution < -0.4 is 5.32 Å². The number of rotatable bonds is 2. The highest BCUT2D eigenvalue weighted by atomic mass is 16.2. The van der Waals surface area contributed by atoms with E-state index in [4.69, 9.17) is 0 Å². The predicted molar refractivity (Wildman–Crippen MR) is 68.2 cm³/mol. The van der Waals surface area contributed by atoms with E-state index >= 15 is 0 Å². The number of carbonyl (C=O) groups excluding carboxylic acids is 2. The number of nitrogens with zero attached hydrogens (tertiary/aromatic N) is 5. The Balaban J connectivity index is 1.93. The van der Waals surface area contributed by atoms with Gasteiger partial charge < -0.3 is 10.2 Å². The summed E-state index contributed by atoms with van der Waals surface area (Å²) in [5, 5.41) is 14.6. The number of piperazine rings is 1. The molecule has 1 saturated carbocycles. The lowest BCUT2D eigenvalue weighted by molar-refractivity contribution is -0.157. The second-order valence-corrected chi connectivity index (χ2v) is 5.55. The van der Waals surface area contributed by atoms with Gasteiger partial charge in [-0.1, -0.05) is 12.8 Å². The highest BCUT2D eigenvalue weighted by Crippen LogP contribution is 2.38. The topological polar surface area (TPSA) is 93.0 Å². The van der Waals surface area contributed by atoms with E-state index in [1.807, 2.05) is 0 Å². The van der Waals surface area contributed by atoms with E-state index in [0.29, 0.717) is 18.7 Å². The average Bonchev–Trinajstić information content (AvgIpc) is 3.03. The standard InChI is InChI=1S/C12H18N6O2/c1-8-10(19)18(7-9-14-16-17(2)15-9)12(11(20)13-8)5-3-4-6-12/h8H,3-7H2,1-2H3,(H,13,20). The van der Waals surface area contributed by atoms with Crippen molar-refractivity contribution in [3.63, 3.8) is 0 Å². The van der Waals surface area contributed by atoms with E-state index in [9.17, 15) is 9.59 Å². The molecule has 1 aliphatic heterocycles. The van der Waals surface area contributed by atoms with Gasteiger partial charge in [0.2, 0.25) is 11.8 Å². The third-order valence-electron chi connectivity index (χ3n) is 4.20. The average molecular weight is 278 g/mol. The normalized spacial score (nSPS) is 25.3. The third kappa shape index (κ3) is 1.86. The van der Waals surface area contributed by atoms with Crippen LogP contribution in [-0.2, 0) is 23.2 Å². The minimum absolute atomic E-state index is 0.0500. The van der Waals surface area contributed by atoms with Crippen LogP contribution in [0.2, 0.25) is 0 Å². The molecule has 20 heavy (non-hydrogen) atoms. The molecule has 0 aromatic carbocycles. The van der Waals surface area contributed by atoms with Crippen molar-refractivity contribution < 1.29 is 9.59 Å². The minimum Gasteiger partial charge on any atom is -0.343 e. The van der Waals surface area contributed by atoms with Crippen LogP contribution in [0.4, 0.5) is 0 Å². The van der Waals surface area contributed by atoms with E-state index < -0.39 is 11.6 Å². The molecule has 3 rings (SSSR count). The zero-order valence-corrected chi connectivity index (χ0v) is 11.7. The van der Waals surface area contributed by atoms with Gasteiger partial charge in [-0.25, -0.2) is 0 Å². The van der Waals surface area contributed by atoms with Gasteiger partial charge >= 0.3 is 0 Å². The fourth-order valence-electron chi connectivity index (χ4n) is 3.17. The summed E-state index contributed by atoms with van der Waals surface area (Å²) in [6.07, 6.45) is 3.33. The lowest BCUT2D eigenvalue weighted by Gasteiger charge is -2.45. The smallest absolute Gasteiger partial charge is 0.246 e. The summed E-state index contributed by atoms with van der Waals surface area (Å²) in [5.41, 5.74) is -0.719. The van der Waals surface area contributed by atoms with Crippen molar-refractivity contribution in [3.8, 4) is 0 Å². The van der Waals surface area contributed by atoms with E-state index in [0.717, 1.165) is 12.8 Å². The highest BCUT2D eigenvalue weighted by molar-refractivity contribution is 5.99. The Morgan fingerprint density at radius 1 is 1.35 bits per heavy atom. The molecule has 0 bridgehead atoms. The van der Waals surface area contributed by atoms with Crippen LogP contribution in [0, 0.1) is 0 Å². The molecular formula is C12H18N6O2. The van der Waals surface area contributed by atoms with Gasteiger partial charge in [0, 0.05) is 0 Å². The van der Waals surface area contributed by atoms with Crippen molar-refractivity contribution in [1.29, 1.82) is 0 Å². The molecule has 1 aliphatic carbocycles. The SMILES string of the molecule is CC1NC(=O)C2(CCCC2)N(Cc2nnn(C)n2)C1=O. The Bertz CT molecular complexity index is 548. The number of aryl methyl sites for hydroxylation is 1. The summed E-state index contributed by atoms with van der Waals surface area (Å²) in [5.74, 6) is 0.346. The van der Waals surface area contributed by atoms with Crippen LogP contribution >= 0.6 is 0 Å². The molecule has 1 saturated heterocycles. The third-order valence-corrected chi connectivity index (χ3v) is 4.20. The first-order chi connectivity index (χ1) is 9.53. The van der Waals surface area contributed by atoms with Crippen LogP contribution in [0.1, 0.15) is 38.4 Å². The van der Waals surface area contributed by atoms with Gasteiger partial charge in [0.05, 0.1) is 13.6 Å². The molecule has 1 atom stereocenters. The largest absolute Gasteiger partial charge is 0.343 e. The molecule has 108 valence electrons. The van der Waals surface area contributed by atoms with Crippen molar-refractivity contribution in [2.24, 2.45) is 7.05 Å². The molecule has 2 fully saturated rings. The quantitative estimate of drug-likeness (QED) is 0.777. The molecule has 1 aromatic rings. The summed E-state index contributed by atoms with van der Waals surface area (Å²) in [6.45, 7) is 1.95. The first-order valence-corrected chi connectivity index (χ1v) is 6.88.